The van der Waals surface area contributed by atoms with Crippen molar-refractivity contribution >= 4 is 51.0 Å². The van der Waals surface area contributed by atoms with Crippen molar-refractivity contribution in [1.29, 1.82) is 0 Å². The van der Waals surface area contributed by atoms with Gasteiger partial charge in [-0.05, 0) is 6.92 Å². The summed E-state index contributed by atoms with van der Waals surface area (Å²) in [5, 5.41) is 1.39. The highest BCUT2D eigenvalue weighted by Crippen LogP contribution is 2.31. The first-order valence-electron chi connectivity index (χ1n) is 4.93. The molecule has 2 aromatic rings. The molecule has 2 heterocycles. The number of hydrogen-bond donors (Lipinski definition) is 0. The van der Waals surface area contributed by atoms with Crippen LogP contribution in [0.15, 0.2) is 5.51 Å². The second-order valence-corrected chi connectivity index (χ2v) is 6.19. The van der Waals surface area contributed by atoms with Gasteiger partial charge < -0.3 is 4.90 Å². The highest BCUT2D eigenvalue weighted by Gasteiger charge is 2.13. The first-order chi connectivity index (χ1) is 8.11. The summed E-state index contributed by atoms with van der Waals surface area (Å²) in [5.74, 6) is 0.407. The van der Waals surface area contributed by atoms with Crippen molar-refractivity contribution in [1.82, 2.24) is 9.97 Å². The molecule has 2 rings (SSSR count). The van der Waals surface area contributed by atoms with Gasteiger partial charge in [-0.15, -0.1) is 22.9 Å². The van der Waals surface area contributed by atoms with E-state index in [1.165, 1.54) is 16.2 Å². The summed E-state index contributed by atoms with van der Waals surface area (Å²) in [7, 11) is 1.99. The van der Waals surface area contributed by atoms with Gasteiger partial charge in [-0.1, -0.05) is 22.9 Å². The molecule has 0 atom stereocenters. The molecule has 7 heteroatoms. The van der Waals surface area contributed by atoms with Crippen molar-refractivity contribution in [2.45, 2.75) is 19.3 Å². The van der Waals surface area contributed by atoms with Gasteiger partial charge in [0.2, 0.25) is 0 Å². The van der Waals surface area contributed by atoms with E-state index in [0.29, 0.717) is 11.0 Å². The van der Waals surface area contributed by atoms with Crippen LogP contribution in [0, 0.1) is 6.92 Å². The molecule has 17 heavy (non-hydrogen) atoms. The minimum Gasteiger partial charge on any atom is -0.346 e. The molecule has 0 spiro atoms. The summed E-state index contributed by atoms with van der Waals surface area (Å²) in [5.41, 5.74) is 2.93. The lowest BCUT2D eigenvalue weighted by atomic mass is 10.4. The minimum absolute atomic E-state index is 0.407. The molecular formula is C10H11Cl2N3S2. The Balaban J connectivity index is 2.14. The van der Waals surface area contributed by atoms with Crippen LogP contribution in [-0.4, -0.2) is 17.0 Å². The fourth-order valence-electron chi connectivity index (χ4n) is 1.33. The van der Waals surface area contributed by atoms with Crippen LogP contribution >= 0.6 is 45.9 Å². The number of nitrogens with zero attached hydrogens (tertiary/aromatic N) is 3. The third-order valence-corrected chi connectivity index (χ3v) is 5.25. The third-order valence-electron chi connectivity index (χ3n) is 2.31. The molecule has 3 nitrogen and oxygen atoms in total. The van der Waals surface area contributed by atoms with Crippen molar-refractivity contribution in [2.75, 3.05) is 11.9 Å². The lowest BCUT2D eigenvalue weighted by Crippen LogP contribution is -2.15. The Kier molecular flexibility index (Phi) is 4.25. The summed E-state index contributed by atoms with van der Waals surface area (Å²) >= 11 is 14.9. The zero-order valence-electron chi connectivity index (χ0n) is 9.41. The Morgan fingerprint density at radius 3 is 2.71 bits per heavy atom. The second kappa shape index (κ2) is 5.52. The molecule has 0 unspecified atom stereocenters. The number of aryl methyl sites for hydroxylation is 1. The molecular weight excluding hydrogens is 297 g/mol. The Hall–Kier alpha value is -0.360. The SMILES string of the molecule is Cc1ncsc1CN(C)c1nc(Cl)c(CCl)s1. The zero-order chi connectivity index (χ0) is 12.4. The molecule has 0 bridgehead atoms. The molecule has 0 radical (unpaired) electrons. The maximum absolute atomic E-state index is 5.98. The molecule has 0 saturated carbocycles. The van der Waals surface area contributed by atoms with Crippen molar-refractivity contribution in [3.05, 3.63) is 26.1 Å². The van der Waals surface area contributed by atoms with Gasteiger partial charge in [0.05, 0.1) is 28.5 Å². The quantitative estimate of drug-likeness (QED) is 0.801. The largest absolute Gasteiger partial charge is 0.346 e. The summed E-state index contributed by atoms with van der Waals surface area (Å²) in [6.45, 7) is 2.81. The first kappa shape index (κ1) is 13.1. The van der Waals surface area contributed by atoms with E-state index in [0.717, 1.165) is 22.2 Å². The number of thiazole rings is 2. The molecule has 0 aliphatic carbocycles. The van der Waals surface area contributed by atoms with Gasteiger partial charge in [0, 0.05) is 11.9 Å². The summed E-state index contributed by atoms with van der Waals surface area (Å²) in [6.07, 6.45) is 0. The van der Waals surface area contributed by atoms with Gasteiger partial charge >= 0.3 is 0 Å². The summed E-state index contributed by atoms with van der Waals surface area (Å²) in [6, 6.07) is 0. The van der Waals surface area contributed by atoms with Crippen LogP contribution in [0.2, 0.25) is 5.15 Å². The highest BCUT2D eigenvalue weighted by atomic mass is 35.5. The number of halogens is 2. The molecule has 0 fully saturated rings. The van der Waals surface area contributed by atoms with Gasteiger partial charge in [-0.3, -0.25) is 0 Å². The van der Waals surface area contributed by atoms with E-state index in [2.05, 4.69) is 14.9 Å². The molecule has 0 amide bonds. The monoisotopic (exact) mass is 307 g/mol. The average molecular weight is 308 g/mol. The van der Waals surface area contributed by atoms with Crippen LogP contribution < -0.4 is 4.90 Å². The normalized spacial score (nSPS) is 10.8. The number of aromatic nitrogens is 2. The standard InChI is InChI=1S/C10H11Cl2N3S2/c1-6-8(16-5-13-6)4-15(2)10-14-9(12)7(3-11)17-10/h5H,3-4H2,1-2H3. The van der Waals surface area contributed by atoms with Crippen molar-refractivity contribution in [3.63, 3.8) is 0 Å². The van der Waals surface area contributed by atoms with E-state index >= 15 is 0 Å². The van der Waals surface area contributed by atoms with E-state index in [1.807, 2.05) is 19.5 Å². The first-order valence-corrected chi connectivity index (χ1v) is 7.54. The predicted octanol–water partition coefficient (Wildman–Crippen LogP) is 3.94. The van der Waals surface area contributed by atoms with E-state index in [1.54, 1.807) is 11.3 Å². The predicted molar refractivity (Wildman–Crippen MR) is 75.6 cm³/mol. The van der Waals surface area contributed by atoms with Crippen molar-refractivity contribution in [2.24, 2.45) is 0 Å². The van der Waals surface area contributed by atoms with Crippen LogP contribution in [0.1, 0.15) is 15.4 Å². The number of hydrogen-bond acceptors (Lipinski definition) is 5. The Bertz CT molecular complexity index is 509. The second-order valence-electron chi connectivity index (χ2n) is 3.56. The Morgan fingerprint density at radius 1 is 1.41 bits per heavy atom. The van der Waals surface area contributed by atoms with Gasteiger partial charge in [-0.2, -0.15) is 0 Å². The van der Waals surface area contributed by atoms with Gasteiger partial charge in [0.15, 0.2) is 5.13 Å². The van der Waals surface area contributed by atoms with Crippen LogP contribution in [-0.2, 0) is 12.4 Å². The number of alkyl halides is 1. The van der Waals surface area contributed by atoms with Gasteiger partial charge in [-0.25, -0.2) is 9.97 Å². The number of anilines is 1. The smallest absolute Gasteiger partial charge is 0.187 e. The lowest BCUT2D eigenvalue weighted by molar-refractivity contribution is 0.918. The molecule has 0 aliphatic heterocycles. The zero-order valence-corrected chi connectivity index (χ0v) is 12.6. The van der Waals surface area contributed by atoms with Crippen LogP contribution in [0.5, 0.6) is 0 Å². The topological polar surface area (TPSA) is 29.0 Å². The Labute approximate surface area is 118 Å². The molecule has 2 aromatic heterocycles. The van der Waals surface area contributed by atoms with Gasteiger partial charge in [0.1, 0.15) is 5.15 Å². The summed E-state index contributed by atoms with van der Waals surface area (Å²) in [4.78, 5) is 12.7. The summed E-state index contributed by atoms with van der Waals surface area (Å²) < 4.78 is 0. The lowest BCUT2D eigenvalue weighted by Gasteiger charge is -2.14. The van der Waals surface area contributed by atoms with Crippen LogP contribution in [0.25, 0.3) is 0 Å². The molecule has 0 aliphatic rings. The molecule has 0 N–H and O–H groups in total. The average Bonchev–Trinajstić information content (AvgIpc) is 2.86. The Morgan fingerprint density at radius 2 is 2.18 bits per heavy atom. The highest BCUT2D eigenvalue weighted by molar-refractivity contribution is 7.16. The fourth-order valence-corrected chi connectivity index (χ4v) is 3.59. The maximum atomic E-state index is 5.98. The van der Waals surface area contributed by atoms with Crippen molar-refractivity contribution in [3.8, 4) is 0 Å². The van der Waals surface area contributed by atoms with E-state index in [-0.39, 0.29) is 0 Å². The van der Waals surface area contributed by atoms with E-state index in [9.17, 15) is 0 Å². The fraction of sp³-hybridized carbons (Fsp3) is 0.400. The molecule has 0 saturated heterocycles. The van der Waals surface area contributed by atoms with Crippen molar-refractivity contribution < 1.29 is 0 Å². The third kappa shape index (κ3) is 2.91. The maximum Gasteiger partial charge on any atom is 0.187 e. The van der Waals surface area contributed by atoms with Crippen LogP contribution in [0.4, 0.5) is 5.13 Å². The molecule has 92 valence electrons. The van der Waals surface area contributed by atoms with E-state index in [4.69, 9.17) is 23.2 Å². The minimum atomic E-state index is 0.407. The molecule has 0 aromatic carbocycles. The number of rotatable bonds is 4. The van der Waals surface area contributed by atoms with Crippen LogP contribution in [0.3, 0.4) is 0 Å². The van der Waals surface area contributed by atoms with E-state index < -0.39 is 0 Å². The van der Waals surface area contributed by atoms with Gasteiger partial charge in [0.25, 0.3) is 0 Å².